The van der Waals surface area contributed by atoms with Gasteiger partial charge >= 0.3 is 6.09 Å². The third-order valence-electron chi connectivity index (χ3n) is 2.46. The molecular formula is C14H20ClNO2. The van der Waals surface area contributed by atoms with E-state index in [1.54, 1.807) is 0 Å². The van der Waals surface area contributed by atoms with Crippen LogP contribution in [0.4, 0.5) is 4.79 Å². The number of hydrogen-bond acceptors (Lipinski definition) is 2. The van der Waals surface area contributed by atoms with E-state index in [1.165, 1.54) is 0 Å². The molecule has 4 heteroatoms. The zero-order chi connectivity index (χ0) is 13.8. The lowest BCUT2D eigenvalue weighted by Gasteiger charge is -2.30. The van der Waals surface area contributed by atoms with Crippen LogP contribution in [0.3, 0.4) is 0 Å². The number of benzene rings is 1. The van der Waals surface area contributed by atoms with Gasteiger partial charge in [0.25, 0.3) is 0 Å². The second-order valence-electron chi connectivity index (χ2n) is 5.46. The molecule has 1 aromatic rings. The minimum absolute atomic E-state index is 0.274. The maximum absolute atomic E-state index is 11.8. The molecule has 0 heterocycles. The van der Waals surface area contributed by atoms with Crippen molar-refractivity contribution < 1.29 is 9.53 Å². The number of carbonyl (C=O) groups is 1. The quantitative estimate of drug-likeness (QED) is 0.851. The normalized spacial score (nSPS) is 14.7. The molecule has 1 unspecified atom stereocenters. The number of halogens is 1. The third-order valence-corrected chi connectivity index (χ3v) is 2.99. The van der Waals surface area contributed by atoms with E-state index in [4.69, 9.17) is 16.3 Å². The third kappa shape index (κ3) is 4.22. The summed E-state index contributed by atoms with van der Waals surface area (Å²) in [5, 5.41) is 2.82. The van der Waals surface area contributed by atoms with E-state index in [9.17, 15) is 4.79 Å². The Balaban J connectivity index is 2.81. The van der Waals surface area contributed by atoms with E-state index in [2.05, 4.69) is 5.32 Å². The van der Waals surface area contributed by atoms with Gasteiger partial charge in [0.1, 0.15) is 5.60 Å². The number of ether oxygens (including phenoxy) is 1. The minimum atomic E-state index is -0.634. The lowest BCUT2D eigenvalue weighted by Crippen LogP contribution is -2.47. The predicted octanol–water partition coefficient (Wildman–Crippen LogP) is 3.67. The summed E-state index contributed by atoms with van der Waals surface area (Å²) in [5.41, 5.74) is -0.204. The lowest BCUT2D eigenvalue weighted by atomic mass is 9.94. The first-order valence-electron chi connectivity index (χ1n) is 5.89. The van der Waals surface area contributed by atoms with Crippen LogP contribution in [0, 0.1) is 0 Å². The zero-order valence-electron chi connectivity index (χ0n) is 11.3. The van der Waals surface area contributed by atoms with Crippen molar-refractivity contribution in [2.24, 2.45) is 0 Å². The van der Waals surface area contributed by atoms with Gasteiger partial charge in [-0.1, -0.05) is 30.3 Å². The molecular weight excluding hydrogens is 250 g/mol. The van der Waals surface area contributed by atoms with Gasteiger partial charge in [-0.2, -0.15) is 0 Å². The van der Waals surface area contributed by atoms with Gasteiger partial charge in [0, 0.05) is 5.88 Å². The van der Waals surface area contributed by atoms with Crippen LogP contribution in [-0.2, 0) is 10.3 Å². The average Bonchev–Trinajstić information content (AvgIpc) is 2.27. The van der Waals surface area contributed by atoms with Crippen molar-refractivity contribution in [2.45, 2.75) is 38.8 Å². The first kappa shape index (κ1) is 14.8. The second kappa shape index (κ2) is 5.61. The predicted molar refractivity (Wildman–Crippen MR) is 73.9 cm³/mol. The molecule has 1 atom stereocenters. The SMILES string of the molecule is CC(C)(C)OC(=O)NC(C)(CCl)c1ccccc1. The van der Waals surface area contributed by atoms with Gasteiger partial charge in [-0.3, -0.25) is 0 Å². The number of hydrogen-bond donors (Lipinski definition) is 1. The topological polar surface area (TPSA) is 38.3 Å². The number of nitrogens with one attached hydrogen (secondary N) is 1. The molecule has 1 aromatic carbocycles. The number of alkyl carbamates (subject to hydrolysis) is 1. The zero-order valence-corrected chi connectivity index (χ0v) is 12.0. The molecule has 0 aromatic heterocycles. The Hall–Kier alpha value is -1.22. The van der Waals surface area contributed by atoms with E-state index in [-0.39, 0.29) is 5.88 Å². The first-order chi connectivity index (χ1) is 8.27. The van der Waals surface area contributed by atoms with Crippen LogP contribution in [0.15, 0.2) is 30.3 Å². The molecule has 0 saturated carbocycles. The van der Waals surface area contributed by atoms with Crippen molar-refractivity contribution in [1.29, 1.82) is 0 Å². The van der Waals surface area contributed by atoms with Crippen molar-refractivity contribution in [3.05, 3.63) is 35.9 Å². The van der Waals surface area contributed by atoms with Crippen LogP contribution in [0.25, 0.3) is 0 Å². The summed E-state index contributed by atoms with van der Waals surface area (Å²) >= 11 is 5.99. The average molecular weight is 270 g/mol. The van der Waals surface area contributed by atoms with E-state index in [1.807, 2.05) is 58.0 Å². The number of amides is 1. The summed E-state index contributed by atoms with van der Waals surface area (Å²) in [4.78, 5) is 11.8. The summed E-state index contributed by atoms with van der Waals surface area (Å²) in [6.45, 7) is 7.35. The van der Waals surface area contributed by atoms with Gasteiger partial charge in [0.15, 0.2) is 0 Å². The van der Waals surface area contributed by atoms with E-state index in [0.29, 0.717) is 0 Å². The van der Waals surface area contributed by atoms with Crippen LogP contribution in [0.2, 0.25) is 0 Å². The molecule has 0 aliphatic rings. The lowest BCUT2D eigenvalue weighted by molar-refractivity contribution is 0.0472. The van der Waals surface area contributed by atoms with Crippen LogP contribution >= 0.6 is 11.6 Å². The largest absolute Gasteiger partial charge is 0.444 e. The Morgan fingerprint density at radius 2 is 1.78 bits per heavy atom. The van der Waals surface area contributed by atoms with Crippen molar-refractivity contribution in [2.75, 3.05) is 5.88 Å². The molecule has 0 bridgehead atoms. The van der Waals surface area contributed by atoms with Crippen LogP contribution in [0.5, 0.6) is 0 Å². The van der Waals surface area contributed by atoms with E-state index in [0.717, 1.165) is 5.56 Å². The molecule has 1 amide bonds. The fraction of sp³-hybridized carbons (Fsp3) is 0.500. The fourth-order valence-electron chi connectivity index (χ4n) is 1.52. The van der Waals surface area contributed by atoms with Crippen LogP contribution in [0.1, 0.15) is 33.3 Å². The first-order valence-corrected chi connectivity index (χ1v) is 6.43. The summed E-state index contributed by atoms with van der Waals surface area (Å²) in [6, 6.07) is 9.61. The minimum Gasteiger partial charge on any atom is -0.444 e. The molecule has 1 rings (SSSR count). The van der Waals surface area contributed by atoms with Gasteiger partial charge in [-0.15, -0.1) is 11.6 Å². The fourth-order valence-corrected chi connectivity index (χ4v) is 1.74. The highest BCUT2D eigenvalue weighted by molar-refractivity contribution is 6.18. The molecule has 100 valence electrons. The molecule has 18 heavy (non-hydrogen) atoms. The molecule has 0 radical (unpaired) electrons. The van der Waals surface area contributed by atoms with Gasteiger partial charge in [0.05, 0.1) is 5.54 Å². The van der Waals surface area contributed by atoms with Crippen molar-refractivity contribution in [3.63, 3.8) is 0 Å². The standard InChI is InChI=1S/C14H20ClNO2/c1-13(2,3)18-12(17)16-14(4,10-15)11-8-6-5-7-9-11/h5-9H,10H2,1-4H3,(H,16,17). The molecule has 3 nitrogen and oxygen atoms in total. The van der Waals surface area contributed by atoms with Crippen molar-refractivity contribution in [3.8, 4) is 0 Å². The van der Waals surface area contributed by atoms with Gasteiger partial charge in [-0.25, -0.2) is 4.79 Å². The monoisotopic (exact) mass is 269 g/mol. The summed E-state index contributed by atoms with van der Waals surface area (Å²) in [5.74, 6) is 0.274. The Morgan fingerprint density at radius 3 is 2.22 bits per heavy atom. The molecule has 0 aliphatic carbocycles. The van der Waals surface area contributed by atoms with Crippen molar-refractivity contribution in [1.82, 2.24) is 5.32 Å². The highest BCUT2D eigenvalue weighted by atomic mass is 35.5. The highest BCUT2D eigenvalue weighted by Gasteiger charge is 2.29. The second-order valence-corrected chi connectivity index (χ2v) is 5.73. The van der Waals surface area contributed by atoms with Crippen molar-refractivity contribution >= 4 is 17.7 Å². The summed E-state index contributed by atoms with van der Waals surface area (Å²) in [6.07, 6.45) is -0.463. The summed E-state index contributed by atoms with van der Waals surface area (Å²) < 4.78 is 5.25. The maximum Gasteiger partial charge on any atom is 0.408 e. The Morgan fingerprint density at radius 1 is 1.22 bits per heavy atom. The number of rotatable bonds is 3. The van der Waals surface area contributed by atoms with Gasteiger partial charge < -0.3 is 10.1 Å². The smallest absolute Gasteiger partial charge is 0.408 e. The molecule has 0 aliphatic heterocycles. The molecule has 1 N–H and O–H groups in total. The Kier molecular flexibility index (Phi) is 4.63. The number of alkyl halides is 1. The van der Waals surface area contributed by atoms with E-state index < -0.39 is 17.2 Å². The summed E-state index contributed by atoms with van der Waals surface area (Å²) in [7, 11) is 0. The van der Waals surface area contributed by atoms with Gasteiger partial charge in [-0.05, 0) is 33.3 Å². The van der Waals surface area contributed by atoms with Crippen LogP contribution in [-0.4, -0.2) is 17.6 Å². The van der Waals surface area contributed by atoms with Crippen LogP contribution < -0.4 is 5.32 Å². The molecule has 0 fully saturated rings. The van der Waals surface area contributed by atoms with E-state index >= 15 is 0 Å². The maximum atomic E-state index is 11.8. The highest BCUT2D eigenvalue weighted by Crippen LogP contribution is 2.22. The Labute approximate surface area is 113 Å². The molecule has 0 saturated heterocycles. The van der Waals surface area contributed by atoms with Gasteiger partial charge in [0.2, 0.25) is 0 Å². The number of carbonyl (C=O) groups excluding carboxylic acids is 1. The Bertz CT molecular complexity index is 400. The molecule has 0 spiro atoms.